The fourth-order valence-corrected chi connectivity index (χ4v) is 3.05. The molecule has 1 fully saturated rings. The molecule has 0 spiro atoms. The zero-order valence-corrected chi connectivity index (χ0v) is 12.1. The highest BCUT2D eigenvalue weighted by Gasteiger charge is 2.28. The summed E-state index contributed by atoms with van der Waals surface area (Å²) in [6.07, 6.45) is 3.86. The Morgan fingerprint density at radius 1 is 1.32 bits per heavy atom. The van der Waals surface area contributed by atoms with E-state index in [1.54, 1.807) is 0 Å². The second kappa shape index (κ2) is 5.64. The summed E-state index contributed by atoms with van der Waals surface area (Å²) in [6, 6.07) is 6.59. The molecule has 0 saturated carbocycles. The van der Waals surface area contributed by atoms with Crippen molar-refractivity contribution in [2.24, 2.45) is 0 Å². The van der Waals surface area contributed by atoms with Gasteiger partial charge in [0, 0.05) is 17.8 Å². The van der Waals surface area contributed by atoms with Crippen molar-refractivity contribution in [2.75, 3.05) is 5.73 Å². The number of nitrogen functional groups attached to an aromatic ring is 1. The quantitative estimate of drug-likeness (QED) is 0.831. The molecule has 2 rings (SSSR count). The standard InChI is InChI=1S/C16H24N2O/c1-11-7-8-15(17)14(9-11)10-16(19)18-12(2)5-4-6-13(18)3/h7-9,12-13H,4-6,10,17H2,1-3H3/t12-,13-/m0/s1. The molecule has 3 heteroatoms. The van der Waals surface area contributed by atoms with Crippen LogP contribution >= 0.6 is 0 Å². The Labute approximate surface area is 115 Å². The molecular weight excluding hydrogens is 236 g/mol. The van der Waals surface area contributed by atoms with Crippen molar-refractivity contribution in [2.45, 2.75) is 58.5 Å². The molecule has 1 aliphatic rings. The second-order valence-corrected chi connectivity index (χ2v) is 5.81. The van der Waals surface area contributed by atoms with Gasteiger partial charge in [0.05, 0.1) is 6.42 Å². The molecule has 104 valence electrons. The number of hydrogen-bond donors (Lipinski definition) is 1. The monoisotopic (exact) mass is 260 g/mol. The van der Waals surface area contributed by atoms with Gasteiger partial charge in [0.2, 0.25) is 5.91 Å². The molecule has 1 aromatic carbocycles. The molecule has 1 heterocycles. The van der Waals surface area contributed by atoms with Crippen LogP contribution in [0, 0.1) is 6.92 Å². The van der Waals surface area contributed by atoms with Crippen LogP contribution in [-0.2, 0) is 11.2 Å². The summed E-state index contributed by atoms with van der Waals surface area (Å²) in [5, 5.41) is 0. The lowest BCUT2D eigenvalue weighted by Crippen LogP contribution is -2.48. The Kier molecular flexibility index (Phi) is 4.13. The lowest BCUT2D eigenvalue weighted by Gasteiger charge is -2.39. The summed E-state index contributed by atoms with van der Waals surface area (Å²) in [7, 11) is 0. The van der Waals surface area contributed by atoms with Gasteiger partial charge in [-0.1, -0.05) is 17.7 Å². The number of amides is 1. The number of piperidine rings is 1. The first kappa shape index (κ1) is 13.9. The van der Waals surface area contributed by atoms with Crippen molar-refractivity contribution in [3.8, 4) is 0 Å². The van der Waals surface area contributed by atoms with Crippen molar-refractivity contribution in [1.29, 1.82) is 0 Å². The van der Waals surface area contributed by atoms with Crippen molar-refractivity contribution in [3.05, 3.63) is 29.3 Å². The van der Waals surface area contributed by atoms with Crippen molar-refractivity contribution in [3.63, 3.8) is 0 Å². The molecule has 0 aromatic heterocycles. The summed E-state index contributed by atoms with van der Waals surface area (Å²) in [5.74, 6) is 0.206. The van der Waals surface area contributed by atoms with Crippen LogP contribution in [0.15, 0.2) is 18.2 Å². The lowest BCUT2D eigenvalue weighted by molar-refractivity contribution is -0.136. The summed E-state index contributed by atoms with van der Waals surface area (Å²) in [4.78, 5) is 14.6. The van der Waals surface area contributed by atoms with Gasteiger partial charge in [-0.3, -0.25) is 4.79 Å². The van der Waals surface area contributed by atoms with E-state index in [4.69, 9.17) is 5.73 Å². The van der Waals surface area contributed by atoms with Crippen LogP contribution in [-0.4, -0.2) is 22.9 Å². The second-order valence-electron chi connectivity index (χ2n) is 5.81. The normalized spacial score (nSPS) is 23.4. The van der Waals surface area contributed by atoms with Gasteiger partial charge < -0.3 is 10.6 Å². The summed E-state index contributed by atoms with van der Waals surface area (Å²) in [5.41, 5.74) is 8.79. The molecule has 0 radical (unpaired) electrons. The number of likely N-dealkylation sites (tertiary alicyclic amines) is 1. The van der Waals surface area contributed by atoms with Gasteiger partial charge in [0.25, 0.3) is 0 Å². The van der Waals surface area contributed by atoms with E-state index in [1.165, 1.54) is 6.42 Å². The molecule has 3 nitrogen and oxygen atoms in total. The van der Waals surface area contributed by atoms with E-state index in [1.807, 2.05) is 30.0 Å². The fraction of sp³-hybridized carbons (Fsp3) is 0.562. The summed E-state index contributed by atoms with van der Waals surface area (Å²) >= 11 is 0. The minimum atomic E-state index is 0.206. The van der Waals surface area contributed by atoms with Crippen LogP contribution in [0.3, 0.4) is 0 Å². The van der Waals surface area contributed by atoms with Crippen molar-refractivity contribution < 1.29 is 4.79 Å². The third-order valence-electron chi connectivity index (χ3n) is 4.12. The third-order valence-corrected chi connectivity index (χ3v) is 4.12. The molecule has 0 aliphatic carbocycles. The van der Waals surface area contributed by atoms with Gasteiger partial charge in [-0.15, -0.1) is 0 Å². The van der Waals surface area contributed by atoms with Gasteiger partial charge >= 0.3 is 0 Å². The molecule has 2 N–H and O–H groups in total. The van der Waals surface area contributed by atoms with Crippen molar-refractivity contribution in [1.82, 2.24) is 4.90 Å². The van der Waals surface area contributed by atoms with Gasteiger partial charge in [0.15, 0.2) is 0 Å². The largest absolute Gasteiger partial charge is 0.398 e. The highest BCUT2D eigenvalue weighted by molar-refractivity contribution is 5.81. The Balaban J connectivity index is 2.13. The lowest BCUT2D eigenvalue weighted by atomic mass is 9.96. The van der Waals surface area contributed by atoms with E-state index >= 15 is 0 Å². The zero-order chi connectivity index (χ0) is 14.0. The van der Waals surface area contributed by atoms with Gasteiger partial charge in [0.1, 0.15) is 0 Å². The molecule has 0 unspecified atom stereocenters. The van der Waals surface area contributed by atoms with E-state index in [0.29, 0.717) is 18.5 Å². The molecule has 0 bridgehead atoms. The molecule has 1 amide bonds. The molecule has 19 heavy (non-hydrogen) atoms. The smallest absolute Gasteiger partial charge is 0.227 e. The maximum absolute atomic E-state index is 12.5. The van der Waals surface area contributed by atoms with Crippen LogP contribution in [0.2, 0.25) is 0 Å². The first-order valence-electron chi connectivity index (χ1n) is 7.15. The fourth-order valence-electron chi connectivity index (χ4n) is 3.05. The third kappa shape index (κ3) is 3.09. The number of anilines is 1. The Morgan fingerprint density at radius 2 is 1.95 bits per heavy atom. The first-order chi connectivity index (χ1) is 8.99. The predicted octanol–water partition coefficient (Wildman–Crippen LogP) is 2.91. The highest BCUT2D eigenvalue weighted by atomic mass is 16.2. The zero-order valence-electron chi connectivity index (χ0n) is 12.1. The number of nitrogens with two attached hydrogens (primary N) is 1. The molecule has 1 aliphatic heterocycles. The Morgan fingerprint density at radius 3 is 2.58 bits per heavy atom. The van der Waals surface area contributed by atoms with Crippen LogP contribution < -0.4 is 5.73 Å². The number of aryl methyl sites for hydroxylation is 1. The SMILES string of the molecule is Cc1ccc(N)c(CC(=O)N2[C@@H](C)CCC[C@@H]2C)c1. The van der Waals surface area contributed by atoms with E-state index in [2.05, 4.69) is 13.8 Å². The van der Waals surface area contributed by atoms with Crippen LogP contribution in [0.4, 0.5) is 5.69 Å². The maximum Gasteiger partial charge on any atom is 0.227 e. The van der Waals surface area contributed by atoms with Gasteiger partial charge in [-0.2, -0.15) is 0 Å². The van der Waals surface area contributed by atoms with Crippen LogP contribution in [0.1, 0.15) is 44.2 Å². The molecule has 1 aromatic rings. The number of carbonyl (C=O) groups is 1. The van der Waals surface area contributed by atoms with E-state index < -0.39 is 0 Å². The minimum Gasteiger partial charge on any atom is -0.398 e. The predicted molar refractivity (Wildman–Crippen MR) is 78.9 cm³/mol. The van der Waals surface area contributed by atoms with Gasteiger partial charge in [-0.05, 0) is 51.7 Å². The highest BCUT2D eigenvalue weighted by Crippen LogP contribution is 2.24. The number of benzene rings is 1. The minimum absolute atomic E-state index is 0.206. The van der Waals surface area contributed by atoms with Crippen LogP contribution in [0.5, 0.6) is 0 Å². The number of rotatable bonds is 2. The molecule has 1 saturated heterocycles. The van der Waals surface area contributed by atoms with Crippen molar-refractivity contribution >= 4 is 11.6 Å². The Hall–Kier alpha value is -1.51. The first-order valence-corrected chi connectivity index (χ1v) is 7.15. The number of nitrogens with zero attached hydrogens (tertiary/aromatic N) is 1. The maximum atomic E-state index is 12.5. The molecular formula is C16H24N2O. The van der Waals surface area contributed by atoms with E-state index in [0.717, 1.165) is 29.7 Å². The van der Waals surface area contributed by atoms with E-state index in [9.17, 15) is 4.79 Å². The number of hydrogen-bond acceptors (Lipinski definition) is 2. The Bertz CT molecular complexity index is 460. The molecule has 2 atom stereocenters. The van der Waals surface area contributed by atoms with Crippen LogP contribution in [0.25, 0.3) is 0 Å². The number of carbonyl (C=O) groups excluding carboxylic acids is 1. The van der Waals surface area contributed by atoms with E-state index in [-0.39, 0.29) is 5.91 Å². The topological polar surface area (TPSA) is 46.3 Å². The average molecular weight is 260 g/mol. The summed E-state index contributed by atoms with van der Waals surface area (Å²) < 4.78 is 0. The van der Waals surface area contributed by atoms with Gasteiger partial charge in [-0.25, -0.2) is 0 Å². The average Bonchev–Trinajstić information content (AvgIpc) is 2.33. The summed E-state index contributed by atoms with van der Waals surface area (Å²) in [6.45, 7) is 6.32.